The highest BCUT2D eigenvalue weighted by molar-refractivity contribution is 5.53. The number of aliphatic hydroxyl groups excluding tert-OH is 1. The molecule has 4 nitrogen and oxygen atoms in total. The molecule has 1 aliphatic carbocycles. The molecule has 100 valence electrons. The van der Waals surface area contributed by atoms with E-state index in [1.54, 1.807) is 0 Å². The van der Waals surface area contributed by atoms with Crippen molar-refractivity contribution in [3.05, 3.63) is 23.0 Å². The van der Waals surface area contributed by atoms with Crippen LogP contribution in [0.2, 0.25) is 0 Å². The first-order valence-corrected chi connectivity index (χ1v) is 6.54. The van der Waals surface area contributed by atoms with Crippen LogP contribution in [0.5, 0.6) is 0 Å². The van der Waals surface area contributed by atoms with Crippen molar-refractivity contribution in [3.63, 3.8) is 0 Å². The zero-order valence-electron chi connectivity index (χ0n) is 11.5. The van der Waals surface area contributed by atoms with Gasteiger partial charge in [0.2, 0.25) is 0 Å². The third-order valence-corrected chi connectivity index (χ3v) is 3.88. The third-order valence-electron chi connectivity index (χ3n) is 3.88. The van der Waals surface area contributed by atoms with E-state index >= 15 is 0 Å². The minimum absolute atomic E-state index is 0.0710. The van der Waals surface area contributed by atoms with Gasteiger partial charge in [-0.3, -0.25) is 4.98 Å². The van der Waals surface area contributed by atoms with Crippen molar-refractivity contribution < 1.29 is 5.11 Å². The Morgan fingerprint density at radius 3 is 2.72 bits per heavy atom. The molecule has 1 saturated carbocycles. The van der Waals surface area contributed by atoms with Crippen molar-refractivity contribution >= 4 is 5.69 Å². The van der Waals surface area contributed by atoms with Gasteiger partial charge in [0.1, 0.15) is 0 Å². The SMILES string of the molecule is Cc1cnc(CN(C)CC2CC(O)C2)c(C)c1N. The van der Waals surface area contributed by atoms with Crippen LogP contribution in [0.3, 0.4) is 0 Å². The molecule has 1 aromatic heterocycles. The number of nitrogens with zero attached hydrogens (tertiary/aromatic N) is 2. The fourth-order valence-electron chi connectivity index (χ4n) is 2.56. The number of rotatable bonds is 4. The molecule has 0 spiro atoms. The summed E-state index contributed by atoms with van der Waals surface area (Å²) >= 11 is 0. The minimum Gasteiger partial charge on any atom is -0.398 e. The highest BCUT2D eigenvalue weighted by Gasteiger charge is 2.28. The molecule has 0 aromatic carbocycles. The summed E-state index contributed by atoms with van der Waals surface area (Å²) in [6.07, 6.45) is 3.65. The lowest BCUT2D eigenvalue weighted by Gasteiger charge is -2.34. The van der Waals surface area contributed by atoms with Crippen molar-refractivity contribution in [2.24, 2.45) is 5.92 Å². The van der Waals surface area contributed by atoms with Crippen molar-refractivity contribution in [2.45, 2.75) is 39.3 Å². The quantitative estimate of drug-likeness (QED) is 0.848. The number of pyridine rings is 1. The Kier molecular flexibility index (Phi) is 3.88. The molecular weight excluding hydrogens is 226 g/mol. The van der Waals surface area contributed by atoms with E-state index in [2.05, 4.69) is 16.9 Å². The molecule has 0 saturated heterocycles. The second-order valence-corrected chi connectivity index (χ2v) is 5.61. The summed E-state index contributed by atoms with van der Waals surface area (Å²) in [4.78, 5) is 6.74. The number of aryl methyl sites for hydroxylation is 1. The van der Waals surface area contributed by atoms with Gasteiger partial charge >= 0.3 is 0 Å². The van der Waals surface area contributed by atoms with Gasteiger partial charge in [0, 0.05) is 25.0 Å². The summed E-state index contributed by atoms with van der Waals surface area (Å²) in [5, 5.41) is 9.28. The van der Waals surface area contributed by atoms with E-state index < -0.39 is 0 Å². The molecule has 1 aromatic rings. The second-order valence-electron chi connectivity index (χ2n) is 5.61. The van der Waals surface area contributed by atoms with Crippen LogP contribution >= 0.6 is 0 Å². The van der Waals surface area contributed by atoms with Crippen molar-refractivity contribution in [3.8, 4) is 0 Å². The summed E-state index contributed by atoms with van der Waals surface area (Å²) in [5.74, 6) is 0.633. The summed E-state index contributed by atoms with van der Waals surface area (Å²) in [6, 6.07) is 0. The number of aromatic nitrogens is 1. The lowest BCUT2D eigenvalue weighted by Crippen LogP contribution is -2.37. The van der Waals surface area contributed by atoms with Gasteiger partial charge in [0.05, 0.1) is 11.8 Å². The lowest BCUT2D eigenvalue weighted by atomic mass is 9.82. The number of anilines is 1. The fraction of sp³-hybridized carbons (Fsp3) is 0.643. The molecule has 0 radical (unpaired) electrons. The molecule has 1 heterocycles. The van der Waals surface area contributed by atoms with E-state index in [1.807, 2.05) is 20.0 Å². The molecule has 4 heteroatoms. The minimum atomic E-state index is -0.0710. The van der Waals surface area contributed by atoms with Crippen LogP contribution < -0.4 is 5.73 Å². The zero-order chi connectivity index (χ0) is 13.3. The molecular formula is C14H23N3O. The highest BCUT2D eigenvalue weighted by Crippen LogP contribution is 2.28. The normalized spacial score (nSPS) is 23.2. The van der Waals surface area contributed by atoms with E-state index in [0.717, 1.165) is 48.4 Å². The first kappa shape index (κ1) is 13.3. The first-order chi connectivity index (χ1) is 8.47. The van der Waals surface area contributed by atoms with Gasteiger partial charge in [-0.05, 0) is 50.8 Å². The average Bonchev–Trinajstić information content (AvgIpc) is 2.28. The molecule has 1 fully saturated rings. The maximum atomic E-state index is 9.28. The summed E-state index contributed by atoms with van der Waals surface area (Å²) in [5.41, 5.74) is 10.1. The van der Waals surface area contributed by atoms with Gasteiger partial charge in [0.25, 0.3) is 0 Å². The average molecular weight is 249 g/mol. The number of hydrogen-bond donors (Lipinski definition) is 2. The zero-order valence-corrected chi connectivity index (χ0v) is 11.5. The Morgan fingerprint density at radius 2 is 2.11 bits per heavy atom. The number of aliphatic hydroxyl groups is 1. The van der Waals surface area contributed by atoms with E-state index in [4.69, 9.17) is 5.73 Å². The first-order valence-electron chi connectivity index (χ1n) is 6.54. The monoisotopic (exact) mass is 249 g/mol. The molecule has 0 bridgehead atoms. The van der Waals surface area contributed by atoms with Crippen molar-refractivity contribution in [1.29, 1.82) is 0 Å². The predicted octanol–water partition coefficient (Wildman–Crippen LogP) is 1.48. The number of hydrogen-bond acceptors (Lipinski definition) is 4. The van der Waals surface area contributed by atoms with Gasteiger partial charge in [-0.2, -0.15) is 0 Å². The topological polar surface area (TPSA) is 62.4 Å². The van der Waals surface area contributed by atoms with Gasteiger partial charge < -0.3 is 15.7 Å². The van der Waals surface area contributed by atoms with E-state index in [-0.39, 0.29) is 6.10 Å². The Bertz CT molecular complexity index is 427. The van der Waals surface area contributed by atoms with Gasteiger partial charge in [-0.1, -0.05) is 0 Å². The van der Waals surface area contributed by atoms with Crippen molar-refractivity contribution in [2.75, 3.05) is 19.3 Å². The fourth-order valence-corrected chi connectivity index (χ4v) is 2.56. The molecule has 2 rings (SSSR count). The molecule has 3 N–H and O–H groups in total. The van der Waals surface area contributed by atoms with Crippen LogP contribution in [-0.2, 0) is 6.54 Å². The maximum Gasteiger partial charge on any atom is 0.0593 e. The van der Waals surface area contributed by atoms with Crippen LogP contribution in [0.25, 0.3) is 0 Å². The van der Waals surface area contributed by atoms with Crippen molar-refractivity contribution in [1.82, 2.24) is 9.88 Å². The van der Waals surface area contributed by atoms with Gasteiger partial charge in [-0.15, -0.1) is 0 Å². The number of nitrogen functional groups attached to an aromatic ring is 1. The second kappa shape index (κ2) is 5.24. The Hall–Kier alpha value is -1.13. The third kappa shape index (κ3) is 2.82. The van der Waals surface area contributed by atoms with Crippen LogP contribution in [0.15, 0.2) is 6.20 Å². The van der Waals surface area contributed by atoms with Crippen LogP contribution in [0, 0.1) is 19.8 Å². The summed E-state index contributed by atoms with van der Waals surface area (Å²) in [6.45, 7) is 5.86. The maximum absolute atomic E-state index is 9.28. The summed E-state index contributed by atoms with van der Waals surface area (Å²) < 4.78 is 0. The molecule has 0 unspecified atom stereocenters. The van der Waals surface area contributed by atoms with E-state index in [0.29, 0.717) is 5.92 Å². The Morgan fingerprint density at radius 1 is 1.44 bits per heavy atom. The Balaban J connectivity index is 1.94. The van der Waals surface area contributed by atoms with E-state index in [1.165, 1.54) is 0 Å². The summed E-state index contributed by atoms with van der Waals surface area (Å²) in [7, 11) is 2.10. The van der Waals surface area contributed by atoms with Gasteiger partial charge in [-0.25, -0.2) is 0 Å². The number of nitrogens with two attached hydrogens (primary N) is 1. The highest BCUT2D eigenvalue weighted by atomic mass is 16.3. The smallest absolute Gasteiger partial charge is 0.0593 e. The lowest BCUT2D eigenvalue weighted by molar-refractivity contribution is 0.0272. The molecule has 0 aliphatic heterocycles. The van der Waals surface area contributed by atoms with Crippen LogP contribution in [-0.4, -0.2) is 34.7 Å². The Labute approximate surface area is 109 Å². The molecule has 18 heavy (non-hydrogen) atoms. The largest absolute Gasteiger partial charge is 0.398 e. The predicted molar refractivity (Wildman–Crippen MR) is 73.2 cm³/mol. The molecule has 0 atom stereocenters. The van der Waals surface area contributed by atoms with E-state index in [9.17, 15) is 5.11 Å². The molecule has 1 aliphatic rings. The standard InChI is InChI=1S/C14H23N3O/c1-9-6-16-13(10(2)14(9)15)8-17(3)7-11-4-12(18)5-11/h6,11-12,18H,4-5,7-8H2,1-3H3,(H2,15,16). The van der Waals surface area contributed by atoms with Gasteiger partial charge in [0.15, 0.2) is 0 Å². The van der Waals surface area contributed by atoms with Crippen LogP contribution in [0.4, 0.5) is 5.69 Å². The molecule has 0 amide bonds. The van der Waals surface area contributed by atoms with Crippen LogP contribution in [0.1, 0.15) is 29.7 Å².